The number of ketones is 3. The van der Waals surface area contributed by atoms with Crippen LogP contribution >= 0.6 is 0 Å². The molecule has 0 aromatic heterocycles. The van der Waals surface area contributed by atoms with Crippen LogP contribution < -0.4 is 0 Å². The third-order valence-electron chi connectivity index (χ3n) is 5.89. The quantitative estimate of drug-likeness (QED) is 0.352. The summed E-state index contributed by atoms with van der Waals surface area (Å²) in [5.74, 6) is -1.97. The lowest BCUT2D eigenvalue weighted by molar-refractivity contribution is -0.156. The minimum Gasteiger partial charge on any atom is -0.450 e. The molecule has 0 radical (unpaired) electrons. The van der Waals surface area contributed by atoms with Crippen molar-refractivity contribution in [3.63, 3.8) is 0 Å². The highest BCUT2D eigenvalue weighted by molar-refractivity contribution is 6.11. The average Bonchev–Trinajstić information content (AvgIpc) is 2.84. The van der Waals surface area contributed by atoms with Crippen molar-refractivity contribution in [1.29, 1.82) is 0 Å². The maximum absolute atomic E-state index is 13.1. The van der Waals surface area contributed by atoms with E-state index in [-0.39, 0.29) is 30.2 Å². The van der Waals surface area contributed by atoms with E-state index >= 15 is 0 Å². The SMILES string of the molecule is CC=CC=CC(=O)CC1=C(C)C(=O)C2(C)OC(=O)C1(C)C2CC(=O)C=CC=CC. The third kappa shape index (κ3) is 4.00. The molecule has 0 saturated carbocycles. The van der Waals surface area contributed by atoms with E-state index in [2.05, 4.69) is 0 Å². The van der Waals surface area contributed by atoms with Crippen LogP contribution in [0.3, 0.4) is 0 Å². The lowest BCUT2D eigenvalue weighted by atomic mass is 9.58. The molecule has 29 heavy (non-hydrogen) atoms. The van der Waals surface area contributed by atoms with Gasteiger partial charge in [-0.25, -0.2) is 0 Å². The van der Waals surface area contributed by atoms with Gasteiger partial charge >= 0.3 is 5.97 Å². The molecule has 0 spiro atoms. The minimum atomic E-state index is -1.40. The van der Waals surface area contributed by atoms with Crippen LogP contribution in [0.4, 0.5) is 0 Å². The maximum Gasteiger partial charge on any atom is 0.317 e. The zero-order valence-corrected chi connectivity index (χ0v) is 17.7. The van der Waals surface area contributed by atoms with Gasteiger partial charge in [0.25, 0.3) is 0 Å². The molecule has 0 aromatic rings. The molecule has 3 unspecified atom stereocenters. The molecule has 1 aliphatic heterocycles. The largest absolute Gasteiger partial charge is 0.450 e. The maximum atomic E-state index is 13.1. The van der Waals surface area contributed by atoms with Crippen molar-refractivity contribution in [3.8, 4) is 0 Å². The number of hydrogen-bond donors (Lipinski definition) is 0. The van der Waals surface area contributed by atoms with Crippen LogP contribution in [0.5, 0.6) is 0 Å². The van der Waals surface area contributed by atoms with Crippen molar-refractivity contribution in [1.82, 2.24) is 0 Å². The van der Waals surface area contributed by atoms with Gasteiger partial charge in [-0.2, -0.15) is 0 Å². The molecular formula is C24H28O5. The molecular weight excluding hydrogens is 368 g/mol. The first-order valence-electron chi connectivity index (χ1n) is 9.75. The minimum absolute atomic E-state index is 0.0160. The van der Waals surface area contributed by atoms with Gasteiger partial charge in [0.2, 0.25) is 5.78 Å². The van der Waals surface area contributed by atoms with Crippen LogP contribution in [0, 0.1) is 11.3 Å². The van der Waals surface area contributed by atoms with Gasteiger partial charge in [-0.15, -0.1) is 0 Å². The van der Waals surface area contributed by atoms with Gasteiger partial charge in [0.05, 0.1) is 5.41 Å². The van der Waals surface area contributed by atoms with Crippen LogP contribution in [0.1, 0.15) is 47.5 Å². The molecule has 1 fully saturated rings. The monoisotopic (exact) mass is 396 g/mol. The normalized spacial score (nSPS) is 29.8. The summed E-state index contributed by atoms with van der Waals surface area (Å²) >= 11 is 0. The molecule has 5 heteroatoms. The van der Waals surface area contributed by atoms with E-state index in [0.717, 1.165) is 0 Å². The van der Waals surface area contributed by atoms with Crippen molar-refractivity contribution >= 4 is 23.3 Å². The molecule has 1 saturated heterocycles. The number of carbonyl (C=O) groups excluding carboxylic acids is 4. The molecule has 0 aromatic carbocycles. The number of Topliss-reactive ketones (excluding diaryl/α,β-unsaturated/α-hetero) is 1. The Hall–Kier alpha value is -2.82. The zero-order valence-electron chi connectivity index (χ0n) is 17.7. The summed E-state index contributed by atoms with van der Waals surface area (Å²) in [5, 5.41) is 0. The fourth-order valence-corrected chi connectivity index (χ4v) is 4.27. The van der Waals surface area contributed by atoms with Gasteiger partial charge in [-0.3, -0.25) is 19.2 Å². The van der Waals surface area contributed by atoms with Crippen LogP contribution in [0.2, 0.25) is 0 Å². The molecule has 2 aliphatic rings. The predicted octanol–water partition coefficient (Wildman–Crippen LogP) is 4.01. The van der Waals surface area contributed by atoms with Crippen LogP contribution in [0.25, 0.3) is 0 Å². The first-order chi connectivity index (χ1) is 13.6. The van der Waals surface area contributed by atoms with Crippen molar-refractivity contribution < 1.29 is 23.9 Å². The number of esters is 1. The Morgan fingerprint density at radius 1 is 0.966 bits per heavy atom. The smallest absolute Gasteiger partial charge is 0.317 e. The summed E-state index contributed by atoms with van der Waals surface area (Å²) in [6.07, 6.45) is 13.1. The zero-order chi connectivity index (χ0) is 21.8. The van der Waals surface area contributed by atoms with Crippen molar-refractivity contribution in [3.05, 3.63) is 59.8 Å². The van der Waals surface area contributed by atoms with Crippen molar-refractivity contribution in [2.75, 3.05) is 0 Å². The Kier molecular flexibility index (Phi) is 6.73. The fraction of sp³-hybridized carbons (Fsp3) is 0.417. The van der Waals surface area contributed by atoms with Gasteiger partial charge in [-0.1, -0.05) is 36.5 Å². The van der Waals surface area contributed by atoms with Crippen LogP contribution in [0.15, 0.2) is 59.8 Å². The Labute approximate surface area is 171 Å². The van der Waals surface area contributed by atoms with E-state index in [0.29, 0.717) is 11.1 Å². The first-order valence-corrected chi connectivity index (χ1v) is 9.75. The lowest BCUT2D eigenvalue weighted by Gasteiger charge is -2.40. The summed E-state index contributed by atoms with van der Waals surface area (Å²) in [6.45, 7) is 8.56. The van der Waals surface area contributed by atoms with E-state index in [1.54, 1.807) is 57.2 Å². The van der Waals surface area contributed by atoms with Crippen LogP contribution in [-0.2, 0) is 23.9 Å². The summed E-state index contributed by atoms with van der Waals surface area (Å²) in [5.41, 5.74) is -1.76. The summed E-state index contributed by atoms with van der Waals surface area (Å²) in [4.78, 5) is 50.9. The Bertz CT molecular complexity index is 883. The molecule has 1 heterocycles. The topological polar surface area (TPSA) is 77.5 Å². The molecule has 5 nitrogen and oxygen atoms in total. The van der Waals surface area contributed by atoms with Crippen molar-refractivity contribution in [2.24, 2.45) is 11.3 Å². The predicted molar refractivity (Wildman–Crippen MR) is 111 cm³/mol. The average molecular weight is 396 g/mol. The number of carbonyl (C=O) groups is 4. The second-order valence-corrected chi connectivity index (χ2v) is 7.77. The van der Waals surface area contributed by atoms with Crippen molar-refractivity contribution in [2.45, 2.75) is 53.1 Å². The molecule has 0 N–H and O–H groups in total. The van der Waals surface area contributed by atoms with E-state index in [4.69, 9.17) is 4.74 Å². The van der Waals surface area contributed by atoms with E-state index in [9.17, 15) is 19.2 Å². The molecule has 0 amide bonds. The second kappa shape index (κ2) is 8.68. The Morgan fingerprint density at radius 3 is 2.07 bits per heavy atom. The highest BCUT2D eigenvalue weighted by Gasteiger charge is 2.68. The summed E-state index contributed by atoms with van der Waals surface area (Å²) < 4.78 is 5.55. The molecule has 154 valence electrons. The number of allylic oxidation sites excluding steroid dienone is 8. The number of hydrogen-bond acceptors (Lipinski definition) is 5. The highest BCUT2D eigenvalue weighted by Crippen LogP contribution is 2.58. The fourth-order valence-electron chi connectivity index (χ4n) is 4.27. The van der Waals surface area contributed by atoms with E-state index in [1.165, 1.54) is 12.2 Å². The number of ether oxygens (including phenoxy) is 1. The third-order valence-corrected chi connectivity index (χ3v) is 5.89. The van der Waals surface area contributed by atoms with E-state index < -0.39 is 22.9 Å². The standard InChI is InChI=1S/C24H28O5/c1-6-8-10-12-17(25)14-19-16(3)21(27)24(5)20(23(19,4)22(28)29-24)15-18(26)13-11-9-7-2/h6-13,20H,14-15H2,1-5H3. The lowest BCUT2D eigenvalue weighted by Crippen LogP contribution is -2.50. The van der Waals surface area contributed by atoms with E-state index in [1.807, 2.05) is 13.8 Å². The van der Waals surface area contributed by atoms with Gasteiger partial charge in [0.15, 0.2) is 17.2 Å². The summed E-state index contributed by atoms with van der Waals surface area (Å²) in [6, 6.07) is 0. The van der Waals surface area contributed by atoms with Gasteiger partial charge < -0.3 is 4.74 Å². The first kappa shape index (κ1) is 22.5. The molecule has 3 atom stereocenters. The second-order valence-electron chi connectivity index (χ2n) is 7.77. The Morgan fingerprint density at radius 2 is 1.52 bits per heavy atom. The molecule has 1 aliphatic carbocycles. The molecule has 2 rings (SSSR count). The van der Waals surface area contributed by atoms with Gasteiger partial charge in [0.1, 0.15) is 0 Å². The molecule has 2 bridgehead atoms. The number of fused-ring (bicyclic) bond motifs is 2. The van der Waals surface area contributed by atoms with Gasteiger partial charge in [-0.05, 0) is 57.9 Å². The highest BCUT2D eigenvalue weighted by atomic mass is 16.6. The number of rotatable bonds is 8. The van der Waals surface area contributed by atoms with Crippen LogP contribution in [-0.4, -0.2) is 28.9 Å². The Balaban J connectivity index is 2.45. The van der Waals surface area contributed by atoms with Gasteiger partial charge in [0, 0.05) is 18.8 Å². The summed E-state index contributed by atoms with van der Waals surface area (Å²) in [7, 11) is 0.